The van der Waals surface area contributed by atoms with E-state index in [1.807, 2.05) is 66.4 Å². The fourth-order valence-corrected chi connectivity index (χ4v) is 4.31. The summed E-state index contributed by atoms with van der Waals surface area (Å²) in [5.41, 5.74) is 3.13. The highest BCUT2D eigenvalue weighted by molar-refractivity contribution is 5.95. The maximum Gasteiger partial charge on any atom is 0.281 e. The molecule has 1 fully saturated rings. The van der Waals surface area contributed by atoms with E-state index < -0.39 is 0 Å². The van der Waals surface area contributed by atoms with Crippen molar-refractivity contribution in [2.75, 3.05) is 13.1 Å². The van der Waals surface area contributed by atoms with Crippen LogP contribution in [0.1, 0.15) is 46.1 Å². The van der Waals surface area contributed by atoms with Gasteiger partial charge < -0.3 is 9.88 Å². The number of aromatic nitrogens is 5. The standard InChI is InChI=1S/C24H24N6O2/c1-16-8-5-6-12-19(16)24(32)29-13-7-11-18(15-29)21-25-22-20(23(31)26-21)27-28-30(22)14-17-9-3-2-4-10-17/h2-6,8-10,12,18H,7,11,13-15H2,1H3,(H,25,26,31). The first kappa shape index (κ1) is 20.1. The van der Waals surface area contributed by atoms with E-state index in [1.165, 1.54) is 0 Å². The third-order valence-corrected chi connectivity index (χ3v) is 6.04. The van der Waals surface area contributed by atoms with Crippen LogP contribution < -0.4 is 5.56 Å². The number of aryl methyl sites for hydroxylation is 1. The van der Waals surface area contributed by atoms with Gasteiger partial charge in [0.2, 0.25) is 0 Å². The number of carbonyl (C=O) groups excluding carboxylic acids is 1. The maximum absolute atomic E-state index is 13.1. The van der Waals surface area contributed by atoms with Crippen LogP contribution in [0.3, 0.4) is 0 Å². The number of piperidine rings is 1. The lowest BCUT2D eigenvalue weighted by atomic mass is 9.96. The average Bonchev–Trinajstić information content (AvgIpc) is 3.23. The summed E-state index contributed by atoms with van der Waals surface area (Å²) >= 11 is 0. The molecule has 5 rings (SSSR count). The Balaban J connectivity index is 1.44. The highest BCUT2D eigenvalue weighted by Crippen LogP contribution is 2.26. The number of H-pyrrole nitrogens is 1. The number of likely N-dealkylation sites (tertiary alicyclic amines) is 1. The Hall–Kier alpha value is -3.81. The van der Waals surface area contributed by atoms with Crippen molar-refractivity contribution >= 4 is 17.1 Å². The molecule has 8 nitrogen and oxygen atoms in total. The summed E-state index contributed by atoms with van der Waals surface area (Å²) in [7, 11) is 0. The minimum Gasteiger partial charge on any atom is -0.338 e. The Kier molecular flexibility index (Phi) is 5.26. The van der Waals surface area contributed by atoms with Crippen molar-refractivity contribution in [3.05, 3.63) is 87.5 Å². The highest BCUT2D eigenvalue weighted by Gasteiger charge is 2.28. The van der Waals surface area contributed by atoms with E-state index in [0.29, 0.717) is 31.1 Å². The molecular formula is C24H24N6O2. The normalized spacial score (nSPS) is 16.4. The Morgan fingerprint density at radius 1 is 1.12 bits per heavy atom. The molecule has 2 aromatic carbocycles. The molecule has 0 aliphatic carbocycles. The predicted molar refractivity (Wildman–Crippen MR) is 121 cm³/mol. The van der Waals surface area contributed by atoms with Crippen LogP contribution in [0.5, 0.6) is 0 Å². The van der Waals surface area contributed by atoms with Gasteiger partial charge in [-0.25, -0.2) is 9.67 Å². The van der Waals surface area contributed by atoms with Gasteiger partial charge in [0, 0.05) is 24.6 Å². The topological polar surface area (TPSA) is 96.8 Å². The molecule has 1 amide bonds. The number of carbonyl (C=O) groups is 1. The number of fused-ring (bicyclic) bond motifs is 1. The van der Waals surface area contributed by atoms with Gasteiger partial charge in [-0.1, -0.05) is 53.7 Å². The van der Waals surface area contributed by atoms with Crippen molar-refractivity contribution in [1.29, 1.82) is 0 Å². The van der Waals surface area contributed by atoms with E-state index in [-0.39, 0.29) is 22.9 Å². The van der Waals surface area contributed by atoms with Crippen LogP contribution in [0.4, 0.5) is 0 Å². The molecule has 1 unspecified atom stereocenters. The first-order valence-electron chi connectivity index (χ1n) is 10.8. The largest absolute Gasteiger partial charge is 0.338 e. The summed E-state index contributed by atoms with van der Waals surface area (Å²) in [5, 5.41) is 8.19. The fraction of sp³-hybridized carbons (Fsp3) is 0.292. The van der Waals surface area contributed by atoms with Crippen molar-refractivity contribution in [2.24, 2.45) is 0 Å². The Bertz CT molecular complexity index is 1330. The van der Waals surface area contributed by atoms with Gasteiger partial charge in [-0.05, 0) is 37.0 Å². The van der Waals surface area contributed by atoms with Crippen molar-refractivity contribution in [2.45, 2.75) is 32.2 Å². The van der Waals surface area contributed by atoms with Crippen LogP contribution in [0.2, 0.25) is 0 Å². The van der Waals surface area contributed by atoms with Crippen molar-refractivity contribution in [3.8, 4) is 0 Å². The van der Waals surface area contributed by atoms with E-state index in [2.05, 4.69) is 15.3 Å². The number of aromatic amines is 1. The molecule has 1 aliphatic heterocycles. The smallest absolute Gasteiger partial charge is 0.281 e. The minimum absolute atomic E-state index is 0.0204. The van der Waals surface area contributed by atoms with Crippen LogP contribution >= 0.6 is 0 Å². The highest BCUT2D eigenvalue weighted by atomic mass is 16.2. The first-order chi connectivity index (χ1) is 15.6. The number of rotatable bonds is 4. The molecule has 1 atom stereocenters. The van der Waals surface area contributed by atoms with Crippen LogP contribution in [-0.2, 0) is 6.54 Å². The second kappa shape index (κ2) is 8.37. The first-order valence-corrected chi connectivity index (χ1v) is 10.8. The van der Waals surface area contributed by atoms with Crippen LogP contribution in [0.25, 0.3) is 11.2 Å². The van der Waals surface area contributed by atoms with Gasteiger partial charge in [-0.2, -0.15) is 0 Å². The van der Waals surface area contributed by atoms with E-state index >= 15 is 0 Å². The molecule has 3 heterocycles. The van der Waals surface area contributed by atoms with E-state index in [4.69, 9.17) is 4.98 Å². The summed E-state index contributed by atoms with van der Waals surface area (Å²) in [6.07, 6.45) is 1.71. The molecule has 2 aromatic heterocycles. The summed E-state index contributed by atoms with van der Waals surface area (Å²) in [5.74, 6) is 0.558. The second-order valence-electron chi connectivity index (χ2n) is 8.26. The maximum atomic E-state index is 13.1. The lowest BCUT2D eigenvalue weighted by molar-refractivity contribution is 0.0704. The van der Waals surface area contributed by atoms with Gasteiger partial charge in [-0.3, -0.25) is 9.59 Å². The molecule has 0 bridgehead atoms. The fourth-order valence-electron chi connectivity index (χ4n) is 4.31. The van der Waals surface area contributed by atoms with Gasteiger partial charge >= 0.3 is 0 Å². The summed E-state index contributed by atoms with van der Waals surface area (Å²) in [6, 6.07) is 17.5. The third kappa shape index (κ3) is 3.79. The number of amides is 1. The Morgan fingerprint density at radius 3 is 2.72 bits per heavy atom. The molecule has 8 heteroatoms. The SMILES string of the molecule is Cc1ccccc1C(=O)N1CCCC(c2nc3c(nnn3Cc3ccccc3)c(=O)[nH]2)C1. The molecule has 0 spiro atoms. The zero-order chi connectivity index (χ0) is 22.1. The molecule has 0 radical (unpaired) electrons. The minimum atomic E-state index is -0.299. The van der Waals surface area contributed by atoms with E-state index in [9.17, 15) is 9.59 Å². The van der Waals surface area contributed by atoms with Gasteiger partial charge in [0.1, 0.15) is 5.82 Å². The molecule has 32 heavy (non-hydrogen) atoms. The molecule has 0 saturated carbocycles. The van der Waals surface area contributed by atoms with Gasteiger partial charge in [0.15, 0.2) is 11.2 Å². The molecule has 162 valence electrons. The number of nitrogens with zero attached hydrogens (tertiary/aromatic N) is 5. The second-order valence-corrected chi connectivity index (χ2v) is 8.26. The van der Waals surface area contributed by atoms with Crippen LogP contribution in [0.15, 0.2) is 59.4 Å². The lowest BCUT2D eigenvalue weighted by Crippen LogP contribution is -2.40. The van der Waals surface area contributed by atoms with E-state index in [0.717, 1.165) is 29.5 Å². The number of hydrogen-bond acceptors (Lipinski definition) is 5. The Morgan fingerprint density at radius 2 is 1.91 bits per heavy atom. The number of benzene rings is 2. The summed E-state index contributed by atoms with van der Waals surface area (Å²) < 4.78 is 1.66. The zero-order valence-corrected chi connectivity index (χ0v) is 17.9. The van der Waals surface area contributed by atoms with Crippen LogP contribution in [-0.4, -0.2) is 48.9 Å². The molecular weight excluding hydrogens is 404 g/mol. The Labute approximate surface area is 184 Å². The molecule has 1 saturated heterocycles. The zero-order valence-electron chi connectivity index (χ0n) is 17.9. The summed E-state index contributed by atoms with van der Waals surface area (Å²) in [6.45, 7) is 3.64. The molecule has 1 aliphatic rings. The lowest BCUT2D eigenvalue weighted by Gasteiger charge is -2.32. The molecule has 4 aromatic rings. The van der Waals surface area contributed by atoms with Crippen molar-refractivity contribution in [3.63, 3.8) is 0 Å². The molecule has 1 N–H and O–H groups in total. The third-order valence-electron chi connectivity index (χ3n) is 6.04. The average molecular weight is 428 g/mol. The van der Waals surface area contributed by atoms with Gasteiger partial charge in [-0.15, -0.1) is 5.10 Å². The van der Waals surface area contributed by atoms with Gasteiger partial charge in [0.25, 0.3) is 11.5 Å². The van der Waals surface area contributed by atoms with E-state index in [1.54, 1.807) is 4.68 Å². The van der Waals surface area contributed by atoms with Crippen molar-refractivity contribution < 1.29 is 4.79 Å². The summed E-state index contributed by atoms with van der Waals surface area (Å²) in [4.78, 5) is 35.3. The predicted octanol–water partition coefficient (Wildman–Crippen LogP) is 2.89. The van der Waals surface area contributed by atoms with Crippen molar-refractivity contribution in [1.82, 2.24) is 29.9 Å². The van der Waals surface area contributed by atoms with Crippen LogP contribution in [0, 0.1) is 6.92 Å². The number of hydrogen-bond donors (Lipinski definition) is 1. The number of nitrogens with one attached hydrogen (secondary N) is 1. The quantitative estimate of drug-likeness (QED) is 0.539. The van der Waals surface area contributed by atoms with Gasteiger partial charge in [0.05, 0.1) is 6.54 Å². The monoisotopic (exact) mass is 428 g/mol.